The van der Waals surface area contributed by atoms with Gasteiger partial charge in [0, 0.05) is 11.8 Å². The van der Waals surface area contributed by atoms with Gasteiger partial charge in [0.05, 0.1) is 13.2 Å². The summed E-state index contributed by atoms with van der Waals surface area (Å²) >= 11 is 0. The average Bonchev–Trinajstić information content (AvgIpc) is 2.27. The van der Waals surface area contributed by atoms with Gasteiger partial charge >= 0.3 is 5.97 Å². The minimum absolute atomic E-state index is 0.111. The number of nitrogen functional groups attached to an aromatic ring is 1. The molecule has 18 heavy (non-hydrogen) atoms. The molecule has 1 atom stereocenters. The van der Waals surface area contributed by atoms with Crippen LogP contribution in [-0.2, 0) is 4.74 Å². The molecule has 0 fully saturated rings. The van der Waals surface area contributed by atoms with E-state index in [1.807, 2.05) is 6.92 Å². The van der Waals surface area contributed by atoms with E-state index < -0.39 is 0 Å². The lowest BCUT2D eigenvalue weighted by Gasteiger charge is -2.16. The molecule has 0 saturated heterocycles. The van der Waals surface area contributed by atoms with Gasteiger partial charge in [-0.05, 0) is 31.4 Å². The summed E-state index contributed by atoms with van der Waals surface area (Å²) in [6.07, 6.45) is 0.725. The predicted molar refractivity (Wildman–Crippen MR) is 71.7 cm³/mol. The van der Waals surface area contributed by atoms with Gasteiger partial charge in [0.1, 0.15) is 11.3 Å². The molecule has 1 rings (SSSR count). The molecule has 0 aromatic heterocycles. The van der Waals surface area contributed by atoms with Crippen molar-refractivity contribution in [3.63, 3.8) is 0 Å². The molecule has 0 radical (unpaired) electrons. The molecule has 0 bridgehead atoms. The quantitative estimate of drug-likeness (QED) is 0.645. The summed E-state index contributed by atoms with van der Waals surface area (Å²) in [5.74, 6) is 0.554. The highest BCUT2D eigenvalue weighted by Crippen LogP contribution is 2.23. The zero-order valence-electron chi connectivity index (χ0n) is 11.4. The molecule has 4 nitrogen and oxygen atoms in total. The Morgan fingerprint density at radius 1 is 1.33 bits per heavy atom. The summed E-state index contributed by atoms with van der Waals surface area (Å²) in [6, 6.07) is 4.90. The fraction of sp³-hybridized carbons (Fsp3) is 0.500. The molecule has 100 valence electrons. The molecule has 1 unspecified atom stereocenters. The summed E-state index contributed by atoms with van der Waals surface area (Å²) in [6.45, 7) is 6.07. The van der Waals surface area contributed by atoms with Crippen LogP contribution in [0.1, 0.15) is 37.6 Å². The van der Waals surface area contributed by atoms with Gasteiger partial charge < -0.3 is 15.2 Å². The fourth-order valence-corrected chi connectivity index (χ4v) is 1.83. The van der Waals surface area contributed by atoms with Crippen molar-refractivity contribution < 1.29 is 14.3 Å². The highest BCUT2D eigenvalue weighted by molar-refractivity contribution is 5.93. The Morgan fingerprint density at radius 2 is 2.00 bits per heavy atom. The van der Waals surface area contributed by atoms with E-state index in [4.69, 9.17) is 15.2 Å². The molecule has 2 N–H and O–H groups in total. The second-order valence-electron chi connectivity index (χ2n) is 4.81. The Balaban J connectivity index is 2.78. The first kappa shape index (κ1) is 14.4. The first-order valence-electron chi connectivity index (χ1n) is 6.08. The smallest absolute Gasteiger partial charge is 0.342 e. The monoisotopic (exact) mass is 251 g/mol. The highest BCUT2D eigenvalue weighted by atomic mass is 16.5. The van der Waals surface area contributed by atoms with E-state index in [0.717, 1.165) is 6.42 Å². The molecule has 1 aromatic rings. The molecular weight excluding hydrogens is 230 g/mol. The van der Waals surface area contributed by atoms with Gasteiger partial charge in [0.2, 0.25) is 0 Å². The maximum atomic E-state index is 12.0. The minimum Gasteiger partial charge on any atom is -0.496 e. The Hall–Kier alpha value is -1.71. The Bertz CT molecular complexity index is 416. The van der Waals surface area contributed by atoms with E-state index in [2.05, 4.69) is 13.8 Å². The third-order valence-corrected chi connectivity index (χ3v) is 2.56. The Kier molecular flexibility index (Phi) is 5.01. The van der Waals surface area contributed by atoms with Crippen LogP contribution in [0.2, 0.25) is 0 Å². The number of hydrogen-bond acceptors (Lipinski definition) is 4. The lowest BCUT2D eigenvalue weighted by molar-refractivity contribution is 0.0296. The molecule has 0 aliphatic rings. The van der Waals surface area contributed by atoms with Crippen molar-refractivity contribution in [3.8, 4) is 5.75 Å². The molecule has 0 spiro atoms. The van der Waals surface area contributed by atoms with Crippen molar-refractivity contribution >= 4 is 11.7 Å². The normalized spacial score (nSPS) is 12.3. The summed E-state index contributed by atoms with van der Waals surface area (Å²) in [4.78, 5) is 12.0. The molecule has 1 aromatic carbocycles. The van der Waals surface area contributed by atoms with Gasteiger partial charge in [-0.25, -0.2) is 4.79 Å². The van der Waals surface area contributed by atoms with Crippen LogP contribution < -0.4 is 10.5 Å². The fourth-order valence-electron chi connectivity index (χ4n) is 1.83. The van der Waals surface area contributed by atoms with Crippen molar-refractivity contribution in [1.29, 1.82) is 0 Å². The maximum absolute atomic E-state index is 12.0. The van der Waals surface area contributed by atoms with Crippen LogP contribution in [0.5, 0.6) is 5.75 Å². The van der Waals surface area contributed by atoms with Gasteiger partial charge in [-0.1, -0.05) is 13.8 Å². The number of carbonyl (C=O) groups is 1. The number of nitrogens with two attached hydrogens (primary N) is 1. The molecule has 0 aliphatic heterocycles. The minimum atomic E-state index is -0.375. The lowest BCUT2D eigenvalue weighted by atomic mass is 10.1. The van der Waals surface area contributed by atoms with E-state index >= 15 is 0 Å². The van der Waals surface area contributed by atoms with Crippen LogP contribution in [-0.4, -0.2) is 19.2 Å². The molecule has 0 saturated carbocycles. The molecular formula is C14H21NO3. The van der Waals surface area contributed by atoms with E-state index in [0.29, 0.717) is 22.9 Å². The van der Waals surface area contributed by atoms with E-state index in [-0.39, 0.29) is 12.1 Å². The van der Waals surface area contributed by atoms with Crippen LogP contribution in [0.4, 0.5) is 5.69 Å². The first-order valence-corrected chi connectivity index (χ1v) is 6.08. The predicted octanol–water partition coefficient (Wildman–Crippen LogP) is 2.87. The van der Waals surface area contributed by atoms with Crippen LogP contribution in [0.3, 0.4) is 0 Å². The second kappa shape index (κ2) is 6.28. The summed E-state index contributed by atoms with van der Waals surface area (Å²) in [5.41, 5.74) is 6.60. The number of methoxy groups -OCH3 is 1. The van der Waals surface area contributed by atoms with Gasteiger partial charge in [-0.15, -0.1) is 0 Å². The highest BCUT2D eigenvalue weighted by Gasteiger charge is 2.17. The van der Waals surface area contributed by atoms with Crippen molar-refractivity contribution in [2.75, 3.05) is 12.8 Å². The van der Waals surface area contributed by atoms with Crippen LogP contribution in [0, 0.1) is 5.92 Å². The zero-order valence-corrected chi connectivity index (χ0v) is 11.4. The van der Waals surface area contributed by atoms with Gasteiger partial charge in [-0.2, -0.15) is 0 Å². The number of ether oxygens (including phenoxy) is 2. The number of hydrogen-bond donors (Lipinski definition) is 1. The van der Waals surface area contributed by atoms with Crippen molar-refractivity contribution in [1.82, 2.24) is 0 Å². The van der Waals surface area contributed by atoms with Crippen molar-refractivity contribution in [2.24, 2.45) is 5.92 Å². The summed E-state index contributed by atoms with van der Waals surface area (Å²) < 4.78 is 10.5. The second-order valence-corrected chi connectivity index (χ2v) is 4.81. The van der Waals surface area contributed by atoms with E-state index in [9.17, 15) is 4.79 Å². The molecule has 0 heterocycles. The van der Waals surface area contributed by atoms with Crippen LogP contribution in [0.25, 0.3) is 0 Å². The largest absolute Gasteiger partial charge is 0.496 e. The van der Waals surface area contributed by atoms with Crippen LogP contribution >= 0.6 is 0 Å². The standard InChI is InChI=1S/C14H21NO3/c1-9(2)7-10(3)18-14(16)12-6-5-11(15)8-13(12)17-4/h5-6,8-10H,7,15H2,1-4H3. The zero-order chi connectivity index (χ0) is 13.7. The van der Waals surface area contributed by atoms with E-state index in [1.54, 1.807) is 18.2 Å². The van der Waals surface area contributed by atoms with Crippen molar-refractivity contribution in [3.05, 3.63) is 23.8 Å². The summed E-state index contributed by atoms with van der Waals surface area (Å²) in [7, 11) is 1.50. The Labute approximate surface area is 108 Å². The summed E-state index contributed by atoms with van der Waals surface area (Å²) in [5, 5.41) is 0. The third kappa shape index (κ3) is 3.95. The number of anilines is 1. The molecule has 0 aliphatic carbocycles. The Morgan fingerprint density at radius 3 is 2.56 bits per heavy atom. The van der Waals surface area contributed by atoms with Crippen LogP contribution in [0.15, 0.2) is 18.2 Å². The molecule has 0 amide bonds. The van der Waals surface area contributed by atoms with Crippen molar-refractivity contribution in [2.45, 2.75) is 33.3 Å². The number of benzene rings is 1. The lowest BCUT2D eigenvalue weighted by Crippen LogP contribution is -2.17. The third-order valence-electron chi connectivity index (χ3n) is 2.56. The topological polar surface area (TPSA) is 61.5 Å². The van der Waals surface area contributed by atoms with Gasteiger partial charge in [-0.3, -0.25) is 0 Å². The number of rotatable bonds is 5. The number of carbonyl (C=O) groups excluding carboxylic acids is 1. The maximum Gasteiger partial charge on any atom is 0.342 e. The van der Waals surface area contributed by atoms with E-state index in [1.165, 1.54) is 7.11 Å². The SMILES string of the molecule is COc1cc(N)ccc1C(=O)OC(C)CC(C)C. The molecule has 4 heteroatoms. The average molecular weight is 251 g/mol. The van der Waals surface area contributed by atoms with Gasteiger partial charge in [0.15, 0.2) is 0 Å². The van der Waals surface area contributed by atoms with Gasteiger partial charge in [0.25, 0.3) is 0 Å². The number of esters is 1. The first-order chi connectivity index (χ1) is 8.43.